The van der Waals surface area contributed by atoms with Gasteiger partial charge in [-0.05, 0) is 55.3 Å². The van der Waals surface area contributed by atoms with Gasteiger partial charge < -0.3 is 5.32 Å². The van der Waals surface area contributed by atoms with Crippen LogP contribution in [0.15, 0.2) is 39.3 Å². The summed E-state index contributed by atoms with van der Waals surface area (Å²) in [5.41, 5.74) is 3.25. The molecular weight excluding hydrogens is 405 g/mol. The van der Waals surface area contributed by atoms with Crippen LogP contribution in [0, 0.1) is 13.8 Å². The Bertz CT molecular complexity index is 663. The summed E-state index contributed by atoms with van der Waals surface area (Å²) in [6, 6.07) is 9.13. The molecule has 0 saturated heterocycles. The van der Waals surface area contributed by atoms with Gasteiger partial charge in [0.15, 0.2) is 0 Å². The third-order valence-electron chi connectivity index (χ3n) is 2.91. The van der Waals surface area contributed by atoms with E-state index in [1.807, 2.05) is 26.0 Å². The van der Waals surface area contributed by atoms with Crippen LogP contribution in [0.4, 0.5) is 5.69 Å². The highest BCUT2D eigenvalue weighted by molar-refractivity contribution is 9.10. The Morgan fingerprint density at radius 2 is 1.65 bits per heavy atom. The molecule has 0 heterocycles. The van der Waals surface area contributed by atoms with Gasteiger partial charge in [0, 0.05) is 14.6 Å². The molecule has 0 unspecified atom stereocenters. The average Bonchev–Trinajstić information content (AvgIpc) is 2.36. The van der Waals surface area contributed by atoms with Crippen LogP contribution in [0.3, 0.4) is 0 Å². The van der Waals surface area contributed by atoms with Crippen LogP contribution < -0.4 is 5.32 Å². The van der Waals surface area contributed by atoms with Gasteiger partial charge in [-0.15, -0.1) is 0 Å². The van der Waals surface area contributed by atoms with Gasteiger partial charge in [-0.1, -0.05) is 43.5 Å². The highest BCUT2D eigenvalue weighted by Gasteiger charge is 2.13. The fourth-order valence-electron chi connectivity index (χ4n) is 1.96. The molecule has 2 nitrogen and oxygen atoms in total. The number of anilines is 1. The van der Waals surface area contributed by atoms with Crippen LogP contribution in [0.2, 0.25) is 5.02 Å². The minimum Gasteiger partial charge on any atom is -0.321 e. The molecule has 20 heavy (non-hydrogen) atoms. The van der Waals surface area contributed by atoms with E-state index < -0.39 is 0 Å². The van der Waals surface area contributed by atoms with Gasteiger partial charge in [0.25, 0.3) is 5.91 Å². The van der Waals surface area contributed by atoms with E-state index in [0.717, 1.165) is 25.8 Å². The molecule has 0 bridgehead atoms. The highest BCUT2D eigenvalue weighted by atomic mass is 79.9. The molecule has 5 heteroatoms. The molecular formula is C15H12Br2ClNO. The van der Waals surface area contributed by atoms with Gasteiger partial charge in [0.2, 0.25) is 0 Å². The van der Waals surface area contributed by atoms with Gasteiger partial charge in [-0.2, -0.15) is 0 Å². The summed E-state index contributed by atoms with van der Waals surface area (Å²) in [5.74, 6) is -0.218. The number of aryl methyl sites for hydroxylation is 2. The maximum absolute atomic E-state index is 12.3. The first-order chi connectivity index (χ1) is 9.38. The van der Waals surface area contributed by atoms with E-state index in [9.17, 15) is 4.79 Å². The van der Waals surface area contributed by atoms with E-state index in [2.05, 4.69) is 37.2 Å². The zero-order valence-corrected chi connectivity index (χ0v) is 14.9. The van der Waals surface area contributed by atoms with Gasteiger partial charge >= 0.3 is 0 Å². The second-order valence-electron chi connectivity index (χ2n) is 4.49. The lowest BCUT2D eigenvalue weighted by atomic mass is 10.1. The number of amides is 1. The number of hydrogen-bond donors (Lipinski definition) is 1. The quantitative estimate of drug-likeness (QED) is 0.664. The van der Waals surface area contributed by atoms with E-state index in [0.29, 0.717) is 10.6 Å². The molecule has 1 N–H and O–H groups in total. The molecule has 0 fully saturated rings. The van der Waals surface area contributed by atoms with Crippen LogP contribution in [-0.4, -0.2) is 5.91 Å². The summed E-state index contributed by atoms with van der Waals surface area (Å²) in [6.07, 6.45) is 0. The Balaban J connectivity index is 2.35. The average molecular weight is 418 g/mol. The van der Waals surface area contributed by atoms with Crippen LogP contribution >= 0.6 is 43.5 Å². The van der Waals surface area contributed by atoms with Gasteiger partial charge in [0.05, 0.1) is 10.6 Å². The number of hydrogen-bond acceptors (Lipinski definition) is 1. The lowest BCUT2D eigenvalue weighted by Crippen LogP contribution is -2.14. The summed E-state index contributed by atoms with van der Waals surface area (Å²) in [4.78, 5) is 12.3. The first-order valence-electron chi connectivity index (χ1n) is 5.91. The Morgan fingerprint density at radius 1 is 1.05 bits per heavy atom. The van der Waals surface area contributed by atoms with E-state index >= 15 is 0 Å². The summed E-state index contributed by atoms with van der Waals surface area (Å²) in [5, 5.41) is 3.35. The Hall–Kier alpha value is -0.840. The lowest BCUT2D eigenvalue weighted by molar-refractivity contribution is 0.102. The van der Waals surface area contributed by atoms with Crippen molar-refractivity contribution in [1.82, 2.24) is 0 Å². The van der Waals surface area contributed by atoms with E-state index in [1.165, 1.54) is 0 Å². The molecule has 0 aliphatic rings. The fourth-order valence-corrected chi connectivity index (χ4v) is 3.21. The number of carbonyl (C=O) groups excluding carboxylic acids is 1. The molecule has 0 spiro atoms. The summed E-state index contributed by atoms with van der Waals surface area (Å²) < 4.78 is 1.81. The molecule has 0 aromatic heterocycles. The largest absolute Gasteiger partial charge is 0.321 e. The Kier molecular flexibility index (Phi) is 4.89. The van der Waals surface area contributed by atoms with Crippen molar-refractivity contribution in [1.29, 1.82) is 0 Å². The standard InChI is InChI=1S/C15H12Br2ClNO/c1-8-5-11(17)6-9(2)14(8)19-15(20)12-7-10(16)3-4-13(12)18/h3-7H,1-2H3,(H,19,20). The third kappa shape index (κ3) is 3.43. The van der Waals surface area contributed by atoms with Crippen LogP contribution in [0.1, 0.15) is 21.5 Å². The van der Waals surface area contributed by atoms with E-state index in [4.69, 9.17) is 11.6 Å². The first kappa shape index (κ1) is 15.5. The zero-order valence-electron chi connectivity index (χ0n) is 10.9. The molecule has 0 radical (unpaired) electrons. The summed E-state index contributed by atoms with van der Waals surface area (Å²) in [7, 11) is 0. The van der Waals surface area contributed by atoms with E-state index in [-0.39, 0.29) is 5.91 Å². The number of carbonyl (C=O) groups is 1. The lowest BCUT2D eigenvalue weighted by Gasteiger charge is -2.13. The van der Waals surface area contributed by atoms with Crippen molar-refractivity contribution in [2.45, 2.75) is 13.8 Å². The van der Waals surface area contributed by atoms with Crippen molar-refractivity contribution < 1.29 is 4.79 Å². The molecule has 1 amide bonds. The molecule has 2 aromatic carbocycles. The molecule has 0 atom stereocenters. The summed E-state index contributed by atoms with van der Waals surface area (Å²) >= 11 is 12.9. The summed E-state index contributed by atoms with van der Waals surface area (Å²) in [6.45, 7) is 3.91. The van der Waals surface area contributed by atoms with Crippen molar-refractivity contribution >= 4 is 55.1 Å². The van der Waals surface area contributed by atoms with Crippen molar-refractivity contribution in [3.05, 3.63) is 61.0 Å². The number of rotatable bonds is 2. The van der Waals surface area contributed by atoms with Crippen molar-refractivity contribution in [2.24, 2.45) is 0 Å². The topological polar surface area (TPSA) is 29.1 Å². The molecule has 104 valence electrons. The number of halogens is 3. The minimum absolute atomic E-state index is 0.218. The maximum atomic E-state index is 12.3. The van der Waals surface area contributed by atoms with Crippen molar-refractivity contribution in [2.75, 3.05) is 5.32 Å². The molecule has 0 aliphatic heterocycles. The van der Waals surface area contributed by atoms with Crippen LogP contribution in [-0.2, 0) is 0 Å². The van der Waals surface area contributed by atoms with Gasteiger partial charge in [0.1, 0.15) is 0 Å². The number of nitrogens with one attached hydrogen (secondary N) is 1. The monoisotopic (exact) mass is 415 g/mol. The van der Waals surface area contributed by atoms with Crippen LogP contribution in [0.25, 0.3) is 0 Å². The predicted molar refractivity (Wildman–Crippen MR) is 90.7 cm³/mol. The Morgan fingerprint density at radius 3 is 2.25 bits per heavy atom. The smallest absolute Gasteiger partial charge is 0.257 e. The van der Waals surface area contributed by atoms with Gasteiger partial charge in [-0.3, -0.25) is 4.79 Å². The van der Waals surface area contributed by atoms with E-state index in [1.54, 1.807) is 18.2 Å². The predicted octanol–water partition coefficient (Wildman–Crippen LogP) is 5.73. The van der Waals surface area contributed by atoms with Crippen LogP contribution in [0.5, 0.6) is 0 Å². The zero-order chi connectivity index (χ0) is 14.9. The minimum atomic E-state index is -0.218. The van der Waals surface area contributed by atoms with Crippen molar-refractivity contribution in [3.8, 4) is 0 Å². The first-order valence-corrected chi connectivity index (χ1v) is 7.88. The molecule has 0 saturated carbocycles. The van der Waals surface area contributed by atoms with Gasteiger partial charge in [-0.25, -0.2) is 0 Å². The molecule has 2 aromatic rings. The number of benzene rings is 2. The second kappa shape index (κ2) is 6.29. The maximum Gasteiger partial charge on any atom is 0.257 e. The molecule has 2 rings (SSSR count). The second-order valence-corrected chi connectivity index (χ2v) is 6.73. The highest BCUT2D eigenvalue weighted by Crippen LogP contribution is 2.27. The Labute approximate surface area is 139 Å². The fraction of sp³-hybridized carbons (Fsp3) is 0.133. The van der Waals surface area contributed by atoms with Crippen molar-refractivity contribution in [3.63, 3.8) is 0 Å². The molecule has 0 aliphatic carbocycles. The third-order valence-corrected chi connectivity index (χ3v) is 4.19. The normalized spacial score (nSPS) is 10.4. The SMILES string of the molecule is Cc1cc(Br)cc(C)c1NC(=O)c1cc(Br)ccc1Cl.